The number of hydrogen-bond acceptors (Lipinski definition) is 6. The molecule has 8 heteroatoms. The zero-order valence-electron chi connectivity index (χ0n) is 16.9. The van der Waals surface area contributed by atoms with Crippen LogP contribution in [-0.4, -0.2) is 37.8 Å². The number of aryl methyl sites for hydroxylation is 1. The first-order valence-electron chi connectivity index (χ1n) is 9.80. The maximum Gasteiger partial charge on any atom is 0.262 e. The number of nitrogens with zero attached hydrogens (tertiary/aromatic N) is 4. The molecule has 0 amide bonds. The molecule has 30 heavy (non-hydrogen) atoms. The number of carbonyl (C=O) groups is 1. The number of hydrogen-bond donors (Lipinski definition) is 0. The molecule has 0 bridgehead atoms. The van der Waals surface area contributed by atoms with Crippen LogP contribution in [0.25, 0.3) is 16.7 Å². The van der Waals surface area contributed by atoms with E-state index in [4.69, 9.17) is 4.74 Å². The summed E-state index contributed by atoms with van der Waals surface area (Å²) in [4.78, 5) is 25.7. The van der Waals surface area contributed by atoms with Gasteiger partial charge in [0.05, 0.1) is 23.8 Å². The first-order chi connectivity index (χ1) is 14.6. The number of ketones is 1. The highest BCUT2D eigenvalue weighted by molar-refractivity contribution is 7.99. The Morgan fingerprint density at radius 2 is 1.97 bits per heavy atom. The summed E-state index contributed by atoms with van der Waals surface area (Å²) < 4.78 is 8.74. The van der Waals surface area contributed by atoms with Gasteiger partial charge >= 0.3 is 0 Å². The Bertz CT molecular complexity index is 1280. The van der Waals surface area contributed by atoms with Crippen molar-refractivity contribution in [2.24, 2.45) is 0 Å². The Labute approximate surface area is 177 Å². The predicted octanol–water partition coefficient (Wildman–Crippen LogP) is 3.83. The summed E-state index contributed by atoms with van der Waals surface area (Å²) in [5, 5.41) is 9.78. The van der Waals surface area contributed by atoms with Crippen LogP contribution >= 0.6 is 11.8 Å². The summed E-state index contributed by atoms with van der Waals surface area (Å²) in [6.45, 7) is 2.66. The largest absolute Gasteiger partial charge is 0.497 e. The van der Waals surface area contributed by atoms with Gasteiger partial charge in [0.1, 0.15) is 5.75 Å². The van der Waals surface area contributed by atoms with E-state index in [1.54, 1.807) is 35.9 Å². The van der Waals surface area contributed by atoms with Crippen molar-refractivity contribution in [1.82, 2.24) is 19.2 Å². The Balaban J connectivity index is 1.72. The zero-order chi connectivity index (χ0) is 21.1. The molecule has 2 aromatic carbocycles. The van der Waals surface area contributed by atoms with E-state index in [1.165, 1.54) is 11.8 Å². The van der Waals surface area contributed by atoms with Crippen molar-refractivity contribution < 1.29 is 9.53 Å². The fraction of sp³-hybridized carbons (Fsp3) is 0.273. The Morgan fingerprint density at radius 1 is 1.13 bits per heavy atom. The molecule has 4 aromatic rings. The van der Waals surface area contributed by atoms with Crippen molar-refractivity contribution in [3.05, 3.63) is 64.4 Å². The van der Waals surface area contributed by atoms with Crippen LogP contribution < -0.4 is 10.3 Å². The van der Waals surface area contributed by atoms with E-state index >= 15 is 0 Å². The average molecular weight is 423 g/mol. The highest BCUT2D eigenvalue weighted by Crippen LogP contribution is 2.23. The molecule has 7 nitrogen and oxygen atoms in total. The molecule has 0 N–H and O–H groups in total. The molecule has 2 aromatic heterocycles. The van der Waals surface area contributed by atoms with Gasteiger partial charge in [-0.3, -0.25) is 18.6 Å². The summed E-state index contributed by atoms with van der Waals surface area (Å²) in [6.07, 6.45) is 1.84. The molecule has 0 aliphatic carbocycles. The molecular weight excluding hydrogens is 400 g/mol. The van der Waals surface area contributed by atoms with Crippen LogP contribution in [0, 0.1) is 0 Å². The van der Waals surface area contributed by atoms with Crippen LogP contribution in [0.5, 0.6) is 5.75 Å². The lowest BCUT2D eigenvalue weighted by Crippen LogP contribution is -2.23. The minimum atomic E-state index is -0.0667. The Hall–Kier alpha value is -3.13. The SMILES string of the molecule is CCCCn1c(=O)c2ccccc2n2c(SCC(=O)c3cccc(OC)c3)nnc12. The molecule has 4 rings (SSSR count). The predicted molar refractivity (Wildman–Crippen MR) is 118 cm³/mol. The average Bonchev–Trinajstić information content (AvgIpc) is 3.21. The van der Waals surface area contributed by atoms with Gasteiger partial charge in [-0.1, -0.05) is 49.4 Å². The van der Waals surface area contributed by atoms with Crippen molar-refractivity contribution in [2.45, 2.75) is 31.5 Å². The van der Waals surface area contributed by atoms with Gasteiger partial charge in [-0.05, 0) is 30.7 Å². The highest BCUT2D eigenvalue weighted by Gasteiger charge is 2.18. The first-order valence-corrected chi connectivity index (χ1v) is 10.8. The lowest BCUT2D eigenvalue weighted by atomic mass is 10.1. The number of methoxy groups -OCH3 is 1. The van der Waals surface area contributed by atoms with Gasteiger partial charge in [0, 0.05) is 12.1 Å². The van der Waals surface area contributed by atoms with Gasteiger partial charge < -0.3 is 4.74 Å². The highest BCUT2D eigenvalue weighted by atomic mass is 32.2. The summed E-state index contributed by atoms with van der Waals surface area (Å²) in [5.41, 5.74) is 1.26. The van der Waals surface area contributed by atoms with E-state index in [-0.39, 0.29) is 17.1 Å². The maximum atomic E-state index is 13.0. The molecule has 154 valence electrons. The molecule has 0 aliphatic heterocycles. The van der Waals surface area contributed by atoms with Crippen LogP contribution in [0.4, 0.5) is 0 Å². The van der Waals surface area contributed by atoms with E-state index in [9.17, 15) is 9.59 Å². The van der Waals surface area contributed by atoms with Gasteiger partial charge in [0.15, 0.2) is 10.9 Å². The van der Waals surface area contributed by atoms with E-state index in [2.05, 4.69) is 17.1 Å². The van der Waals surface area contributed by atoms with E-state index in [0.29, 0.717) is 34.2 Å². The molecule has 0 spiro atoms. The van der Waals surface area contributed by atoms with Crippen LogP contribution in [0.1, 0.15) is 30.1 Å². The maximum absolute atomic E-state index is 13.0. The molecule has 0 saturated heterocycles. The molecule has 0 radical (unpaired) electrons. The van der Waals surface area contributed by atoms with Gasteiger partial charge in [-0.2, -0.15) is 0 Å². The van der Waals surface area contributed by atoms with Crippen molar-refractivity contribution in [1.29, 1.82) is 0 Å². The van der Waals surface area contributed by atoms with Crippen molar-refractivity contribution in [2.75, 3.05) is 12.9 Å². The molecule has 2 heterocycles. The smallest absolute Gasteiger partial charge is 0.262 e. The second kappa shape index (κ2) is 8.71. The molecule has 0 aliphatic rings. The van der Waals surface area contributed by atoms with Crippen molar-refractivity contribution >= 4 is 34.2 Å². The summed E-state index contributed by atoms with van der Waals surface area (Å²) in [6, 6.07) is 14.5. The number of thioether (sulfide) groups is 1. The van der Waals surface area contributed by atoms with Crippen LogP contribution in [0.2, 0.25) is 0 Å². The van der Waals surface area contributed by atoms with Gasteiger partial charge in [-0.15, -0.1) is 10.2 Å². The second-order valence-electron chi connectivity index (χ2n) is 6.89. The fourth-order valence-electron chi connectivity index (χ4n) is 3.35. The lowest BCUT2D eigenvalue weighted by Gasteiger charge is -2.10. The molecule has 0 atom stereocenters. The number of rotatable bonds is 8. The summed E-state index contributed by atoms with van der Waals surface area (Å²) >= 11 is 1.31. The van der Waals surface area contributed by atoms with E-state index in [0.717, 1.165) is 18.4 Å². The number of aromatic nitrogens is 4. The number of fused-ring (bicyclic) bond motifs is 3. The quantitative estimate of drug-likeness (QED) is 0.317. The summed E-state index contributed by atoms with van der Waals surface area (Å²) in [5.74, 6) is 1.32. The number of carbonyl (C=O) groups excluding carboxylic acids is 1. The topological polar surface area (TPSA) is 78.5 Å². The molecule has 0 fully saturated rings. The van der Waals surface area contributed by atoms with Gasteiger partial charge in [0.25, 0.3) is 5.56 Å². The minimum Gasteiger partial charge on any atom is -0.497 e. The van der Waals surface area contributed by atoms with Crippen LogP contribution in [-0.2, 0) is 6.54 Å². The Morgan fingerprint density at radius 3 is 2.77 bits per heavy atom. The van der Waals surface area contributed by atoms with Gasteiger partial charge in [-0.25, -0.2) is 0 Å². The number of unbranched alkanes of at least 4 members (excludes halogenated alkanes) is 1. The third-order valence-corrected chi connectivity index (χ3v) is 5.87. The number of Topliss-reactive ketones (excluding diaryl/α,β-unsaturated/α-hetero) is 1. The third kappa shape index (κ3) is 3.70. The molecule has 0 saturated carbocycles. The Kier molecular flexibility index (Phi) is 5.85. The first kappa shape index (κ1) is 20.2. The normalized spacial score (nSPS) is 11.3. The second-order valence-corrected chi connectivity index (χ2v) is 7.83. The molecule has 0 unspecified atom stereocenters. The van der Waals surface area contributed by atoms with E-state index in [1.807, 2.05) is 28.7 Å². The molecular formula is C22H22N4O3S. The van der Waals surface area contributed by atoms with Crippen LogP contribution in [0.15, 0.2) is 58.5 Å². The number of para-hydroxylation sites is 1. The monoisotopic (exact) mass is 422 g/mol. The van der Waals surface area contributed by atoms with Crippen molar-refractivity contribution in [3.63, 3.8) is 0 Å². The lowest BCUT2D eigenvalue weighted by molar-refractivity contribution is 0.102. The summed E-state index contributed by atoms with van der Waals surface area (Å²) in [7, 11) is 1.57. The minimum absolute atomic E-state index is 0.0285. The number of benzene rings is 2. The number of ether oxygens (including phenoxy) is 1. The van der Waals surface area contributed by atoms with Crippen LogP contribution in [0.3, 0.4) is 0 Å². The van der Waals surface area contributed by atoms with E-state index < -0.39 is 0 Å². The van der Waals surface area contributed by atoms with Crippen molar-refractivity contribution in [3.8, 4) is 5.75 Å². The fourth-order valence-corrected chi connectivity index (χ4v) is 4.19. The zero-order valence-corrected chi connectivity index (χ0v) is 17.7. The standard InChI is InChI=1S/C22H22N4O3S/c1-3-4-12-25-20(28)17-10-5-6-11-18(17)26-21(25)23-24-22(26)30-14-19(27)15-8-7-9-16(13-15)29-2/h5-11,13H,3-4,12,14H2,1-2H3. The van der Waals surface area contributed by atoms with Gasteiger partial charge in [0.2, 0.25) is 5.78 Å². The third-order valence-electron chi connectivity index (χ3n) is 4.94.